The van der Waals surface area contributed by atoms with Crippen molar-refractivity contribution in [1.29, 1.82) is 0 Å². The van der Waals surface area contributed by atoms with Crippen LogP contribution in [0.4, 0.5) is 5.69 Å². The molecule has 3 atom stereocenters. The summed E-state index contributed by atoms with van der Waals surface area (Å²) in [6.45, 7) is 6.52. The standard InChI is InChI=1S/C28H37N3O7/c1-5-7-8-31(6-2)13-15-11-18(32)21-17(23(15)30(3)4)10-14-9-16-12-19(33)22(27(29)37)26(36)28(16,38)25(35)20(14)24(21)34/h11,14,16,32-33,35,38H,5-10,12-13H2,1-4H3,(H2,29,37)/t14?,16-,28-/m0/s1. The molecule has 0 aliphatic heterocycles. The van der Waals surface area contributed by atoms with Crippen LogP contribution < -0.4 is 10.6 Å². The highest BCUT2D eigenvalue weighted by Crippen LogP contribution is 2.52. The van der Waals surface area contributed by atoms with Gasteiger partial charge in [-0.05, 0) is 55.5 Å². The van der Waals surface area contributed by atoms with Crippen molar-refractivity contribution in [2.24, 2.45) is 17.6 Å². The summed E-state index contributed by atoms with van der Waals surface area (Å²) in [6, 6.07) is 1.58. The molecule has 0 radical (unpaired) electrons. The van der Waals surface area contributed by atoms with Gasteiger partial charge in [-0.15, -0.1) is 0 Å². The van der Waals surface area contributed by atoms with Gasteiger partial charge in [-0.3, -0.25) is 19.3 Å². The number of nitrogens with zero attached hydrogens (tertiary/aromatic N) is 2. The number of carbonyl (C=O) groups is 3. The van der Waals surface area contributed by atoms with E-state index in [0.717, 1.165) is 37.2 Å². The number of ketones is 2. The Morgan fingerprint density at radius 3 is 2.42 bits per heavy atom. The van der Waals surface area contributed by atoms with Crippen molar-refractivity contribution in [3.05, 3.63) is 45.4 Å². The summed E-state index contributed by atoms with van der Waals surface area (Å²) in [4.78, 5) is 42.9. The SMILES string of the molecule is CCCCN(CC)Cc1cc(O)c2c(c1N(C)C)CC1C[C@H]3CC(O)=C(C(N)=O)C(=O)[C@@]3(O)C(O)=C1C2=O. The summed E-state index contributed by atoms with van der Waals surface area (Å²) < 4.78 is 0. The maximum absolute atomic E-state index is 13.8. The van der Waals surface area contributed by atoms with E-state index < -0.39 is 52.0 Å². The lowest BCUT2D eigenvalue weighted by Gasteiger charge is -2.46. The zero-order valence-electron chi connectivity index (χ0n) is 22.4. The van der Waals surface area contributed by atoms with Crippen LogP contribution in [0.1, 0.15) is 61.0 Å². The number of hydrogen-bond donors (Lipinski definition) is 5. The van der Waals surface area contributed by atoms with E-state index in [9.17, 15) is 34.8 Å². The highest BCUT2D eigenvalue weighted by Gasteiger charge is 2.59. The van der Waals surface area contributed by atoms with E-state index in [1.165, 1.54) is 0 Å². The Bertz CT molecular complexity index is 1270. The summed E-state index contributed by atoms with van der Waals surface area (Å²) in [5, 5.41) is 44.0. The molecule has 3 aliphatic rings. The number of aromatic hydroxyl groups is 1. The molecule has 1 unspecified atom stereocenters. The van der Waals surface area contributed by atoms with Crippen LogP contribution in [0, 0.1) is 11.8 Å². The molecule has 10 nitrogen and oxygen atoms in total. The predicted octanol–water partition coefficient (Wildman–Crippen LogP) is 2.27. The molecular formula is C28H37N3O7. The quantitative estimate of drug-likeness (QED) is 0.319. The molecule has 1 amide bonds. The molecule has 0 bridgehead atoms. The summed E-state index contributed by atoms with van der Waals surface area (Å²) in [6.07, 6.45) is 2.24. The lowest BCUT2D eigenvalue weighted by Crippen LogP contribution is -2.57. The molecule has 38 heavy (non-hydrogen) atoms. The number of aliphatic hydroxyl groups is 3. The van der Waals surface area contributed by atoms with Gasteiger partial charge in [-0.1, -0.05) is 20.3 Å². The number of phenols is 1. The number of primary amides is 1. The third-order valence-corrected chi connectivity index (χ3v) is 8.23. The molecule has 0 fully saturated rings. The first-order chi connectivity index (χ1) is 17.9. The van der Waals surface area contributed by atoms with Crippen LogP contribution in [0.5, 0.6) is 5.75 Å². The van der Waals surface area contributed by atoms with Crippen molar-refractivity contribution >= 4 is 23.2 Å². The van der Waals surface area contributed by atoms with Gasteiger partial charge in [0.15, 0.2) is 11.4 Å². The Morgan fingerprint density at radius 1 is 1.16 bits per heavy atom. The first-order valence-electron chi connectivity index (χ1n) is 13.1. The van der Waals surface area contributed by atoms with Crippen LogP contribution in [0.3, 0.4) is 0 Å². The van der Waals surface area contributed by atoms with Crippen LogP contribution in [-0.2, 0) is 22.6 Å². The lowest BCUT2D eigenvalue weighted by molar-refractivity contribution is -0.144. The third-order valence-electron chi connectivity index (χ3n) is 8.23. The molecule has 0 spiro atoms. The van der Waals surface area contributed by atoms with Gasteiger partial charge in [-0.25, -0.2) is 0 Å². The minimum absolute atomic E-state index is 0.0330. The van der Waals surface area contributed by atoms with Crippen LogP contribution in [0.25, 0.3) is 0 Å². The van der Waals surface area contributed by atoms with Gasteiger partial charge < -0.3 is 31.1 Å². The fourth-order valence-corrected chi connectivity index (χ4v) is 6.39. The van der Waals surface area contributed by atoms with Crippen LogP contribution in [0.2, 0.25) is 0 Å². The van der Waals surface area contributed by atoms with E-state index >= 15 is 0 Å². The van der Waals surface area contributed by atoms with Gasteiger partial charge in [0.25, 0.3) is 5.91 Å². The molecule has 206 valence electrons. The van der Waals surface area contributed by atoms with E-state index in [0.29, 0.717) is 12.1 Å². The van der Waals surface area contributed by atoms with Crippen molar-refractivity contribution in [2.45, 2.75) is 58.1 Å². The van der Waals surface area contributed by atoms with Gasteiger partial charge in [-0.2, -0.15) is 0 Å². The first-order valence-corrected chi connectivity index (χ1v) is 13.1. The normalized spacial score (nSPS) is 24.9. The number of allylic oxidation sites excluding steroid dienone is 2. The highest BCUT2D eigenvalue weighted by atomic mass is 16.3. The monoisotopic (exact) mass is 527 g/mol. The maximum Gasteiger partial charge on any atom is 0.255 e. The molecular weight excluding hydrogens is 490 g/mol. The zero-order valence-corrected chi connectivity index (χ0v) is 22.4. The van der Waals surface area contributed by atoms with E-state index in [1.807, 2.05) is 19.0 Å². The second kappa shape index (κ2) is 10.1. The zero-order chi connectivity index (χ0) is 28.1. The third kappa shape index (κ3) is 4.16. The number of unbranched alkanes of at least 4 members (excludes halogenated alkanes) is 1. The number of hydrogen-bond acceptors (Lipinski definition) is 9. The number of fused-ring (bicyclic) bond motifs is 3. The van der Waals surface area contributed by atoms with Crippen molar-refractivity contribution in [3.63, 3.8) is 0 Å². The van der Waals surface area contributed by atoms with Crippen molar-refractivity contribution in [3.8, 4) is 5.75 Å². The Morgan fingerprint density at radius 2 is 1.84 bits per heavy atom. The van der Waals surface area contributed by atoms with Gasteiger partial charge in [0.1, 0.15) is 22.8 Å². The molecule has 6 N–H and O–H groups in total. The average Bonchev–Trinajstić information content (AvgIpc) is 2.83. The number of anilines is 1. The summed E-state index contributed by atoms with van der Waals surface area (Å²) in [5.41, 5.74) is 4.14. The molecule has 0 heterocycles. The Hall–Kier alpha value is -3.37. The molecule has 0 saturated heterocycles. The number of Topliss-reactive ketones (excluding diaryl/α,β-unsaturated/α-hetero) is 2. The second-order valence-electron chi connectivity index (χ2n) is 10.8. The summed E-state index contributed by atoms with van der Waals surface area (Å²) in [7, 11) is 3.75. The fourth-order valence-electron chi connectivity index (χ4n) is 6.39. The van der Waals surface area contributed by atoms with E-state index in [1.54, 1.807) is 6.07 Å². The van der Waals surface area contributed by atoms with Crippen LogP contribution in [-0.4, -0.2) is 75.6 Å². The Balaban J connectivity index is 1.84. The van der Waals surface area contributed by atoms with E-state index in [2.05, 4.69) is 18.7 Å². The summed E-state index contributed by atoms with van der Waals surface area (Å²) >= 11 is 0. The highest BCUT2D eigenvalue weighted by molar-refractivity contribution is 6.24. The van der Waals surface area contributed by atoms with E-state index in [-0.39, 0.29) is 36.1 Å². The van der Waals surface area contributed by atoms with Crippen molar-refractivity contribution in [2.75, 3.05) is 32.1 Å². The fraction of sp³-hybridized carbons (Fsp3) is 0.536. The van der Waals surface area contributed by atoms with E-state index in [4.69, 9.17) is 5.73 Å². The van der Waals surface area contributed by atoms with Crippen LogP contribution in [0.15, 0.2) is 28.7 Å². The Labute approximate surface area is 222 Å². The predicted molar refractivity (Wildman–Crippen MR) is 141 cm³/mol. The number of benzene rings is 1. The Kier molecular flexibility index (Phi) is 7.33. The van der Waals surface area contributed by atoms with Crippen molar-refractivity contribution in [1.82, 2.24) is 4.90 Å². The number of phenolic OH excluding ortho intramolecular Hbond substituents is 1. The molecule has 3 aliphatic carbocycles. The minimum atomic E-state index is -2.56. The first kappa shape index (κ1) is 27.7. The maximum atomic E-state index is 13.8. The molecule has 1 aromatic carbocycles. The smallest absolute Gasteiger partial charge is 0.255 e. The lowest BCUT2D eigenvalue weighted by atomic mass is 9.60. The second-order valence-corrected chi connectivity index (χ2v) is 10.8. The molecule has 1 aromatic rings. The summed E-state index contributed by atoms with van der Waals surface area (Å²) in [5.74, 6) is -6.22. The molecule has 10 heteroatoms. The molecule has 0 aromatic heterocycles. The number of aliphatic hydroxyl groups excluding tert-OH is 2. The number of carbonyl (C=O) groups excluding carboxylic acids is 3. The number of amides is 1. The van der Waals surface area contributed by atoms with Crippen molar-refractivity contribution < 1.29 is 34.8 Å². The molecule has 0 saturated carbocycles. The van der Waals surface area contributed by atoms with Gasteiger partial charge in [0.2, 0.25) is 5.78 Å². The number of nitrogens with two attached hydrogens (primary N) is 1. The van der Waals surface area contributed by atoms with Gasteiger partial charge in [0.05, 0.1) is 5.56 Å². The van der Waals surface area contributed by atoms with Crippen LogP contribution >= 0.6 is 0 Å². The molecule has 4 rings (SSSR count). The van der Waals surface area contributed by atoms with Gasteiger partial charge in [0, 0.05) is 44.2 Å². The largest absolute Gasteiger partial charge is 0.511 e. The average molecular weight is 528 g/mol. The topological polar surface area (TPSA) is 165 Å². The van der Waals surface area contributed by atoms with Gasteiger partial charge >= 0.3 is 0 Å². The number of rotatable bonds is 8. The minimum Gasteiger partial charge on any atom is -0.511 e.